The van der Waals surface area contributed by atoms with Crippen LogP contribution >= 0.6 is 0 Å². The van der Waals surface area contributed by atoms with Gasteiger partial charge in [-0.15, -0.1) is 0 Å². The highest BCUT2D eigenvalue weighted by Crippen LogP contribution is 2.40. The van der Waals surface area contributed by atoms with Gasteiger partial charge in [-0.2, -0.15) is 0 Å². The minimum absolute atomic E-state index is 0.0380. The average Bonchev–Trinajstić information content (AvgIpc) is 2.51. The Hall–Kier alpha value is -2.23. The monoisotopic (exact) mass is 316 g/mol. The minimum Gasteiger partial charge on any atom is -0.504 e. The van der Waals surface area contributed by atoms with E-state index >= 15 is 0 Å². The van der Waals surface area contributed by atoms with Crippen molar-refractivity contribution < 1.29 is 20.1 Å². The number of unbranched alkanes of at least 4 members (excludes halogenated alkanes) is 3. The molecule has 3 N–H and O–H groups in total. The summed E-state index contributed by atoms with van der Waals surface area (Å²) in [5.74, 6) is -0.832. The molecule has 0 fully saturated rings. The zero-order valence-electron chi connectivity index (χ0n) is 13.7. The first-order chi connectivity index (χ1) is 10.9. The van der Waals surface area contributed by atoms with Gasteiger partial charge in [0.2, 0.25) is 0 Å². The molecule has 0 saturated carbocycles. The Balaban J connectivity index is 2.15. The molecule has 0 amide bonds. The standard InChI is InChI=1S/C19H24O4/c1-12-9-10-15-14(7-5-3-4-6-8-17(20)21)13(2)18(22)19(23)16(15)11-12/h9-11,22-23H,3-8H2,1-2H3,(H,20,21). The fourth-order valence-corrected chi connectivity index (χ4v) is 3.02. The molecule has 124 valence electrons. The fraction of sp³-hybridized carbons (Fsp3) is 0.421. The molecule has 0 aliphatic carbocycles. The molecule has 4 nitrogen and oxygen atoms in total. The smallest absolute Gasteiger partial charge is 0.303 e. The normalized spacial score (nSPS) is 11.0. The van der Waals surface area contributed by atoms with Crippen LogP contribution in [0.15, 0.2) is 18.2 Å². The molecule has 0 unspecified atom stereocenters. The van der Waals surface area contributed by atoms with Crippen LogP contribution in [0.3, 0.4) is 0 Å². The Bertz CT molecular complexity index is 719. The number of aromatic hydroxyl groups is 2. The Morgan fingerprint density at radius 3 is 2.35 bits per heavy atom. The van der Waals surface area contributed by atoms with Gasteiger partial charge in [0.1, 0.15) is 0 Å². The van der Waals surface area contributed by atoms with Crippen LogP contribution in [0.4, 0.5) is 0 Å². The molecular weight excluding hydrogens is 292 g/mol. The first-order valence-corrected chi connectivity index (χ1v) is 8.07. The number of benzene rings is 2. The number of phenols is 2. The Morgan fingerprint density at radius 2 is 1.65 bits per heavy atom. The van der Waals surface area contributed by atoms with Gasteiger partial charge >= 0.3 is 5.97 Å². The van der Waals surface area contributed by atoms with Crippen molar-refractivity contribution in [3.05, 3.63) is 34.9 Å². The molecule has 2 aromatic rings. The van der Waals surface area contributed by atoms with Gasteiger partial charge in [-0.3, -0.25) is 4.79 Å². The van der Waals surface area contributed by atoms with Crippen LogP contribution in [0.5, 0.6) is 11.5 Å². The van der Waals surface area contributed by atoms with Crippen molar-refractivity contribution in [3.63, 3.8) is 0 Å². The van der Waals surface area contributed by atoms with Gasteiger partial charge in [-0.05, 0) is 55.7 Å². The lowest BCUT2D eigenvalue weighted by atomic mass is 9.92. The van der Waals surface area contributed by atoms with Crippen molar-refractivity contribution in [1.82, 2.24) is 0 Å². The summed E-state index contributed by atoms with van der Waals surface area (Å²) in [5, 5.41) is 30.6. The van der Waals surface area contributed by atoms with Gasteiger partial charge in [-0.25, -0.2) is 0 Å². The maximum absolute atomic E-state index is 10.5. The van der Waals surface area contributed by atoms with Crippen molar-refractivity contribution in [2.75, 3.05) is 0 Å². The lowest BCUT2D eigenvalue weighted by Gasteiger charge is -2.15. The summed E-state index contributed by atoms with van der Waals surface area (Å²) in [7, 11) is 0. The van der Waals surface area contributed by atoms with E-state index in [0.717, 1.165) is 47.8 Å². The average molecular weight is 316 g/mol. The van der Waals surface area contributed by atoms with Crippen LogP contribution in [-0.4, -0.2) is 21.3 Å². The van der Waals surface area contributed by atoms with Crippen molar-refractivity contribution in [2.45, 2.75) is 52.4 Å². The molecule has 0 aliphatic heterocycles. The van der Waals surface area contributed by atoms with Gasteiger partial charge in [0, 0.05) is 11.8 Å². The number of carboxylic acid groups (broad SMARTS) is 1. The summed E-state index contributed by atoms with van der Waals surface area (Å²) >= 11 is 0. The molecule has 0 saturated heterocycles. The molecule has 2 rings (SSSR count). The van der Waals surface area contributed by atoms with E-state index in [1.807, 2.05) is 32.0 Å². The number of hydrogen-bond donors (Lipinski definition) is 3. The lowest BCUT2D eigenvalue weighted by Crippen LogP contribution is -1.96. The summed E-state index contributed by atoms with van der Waals surface area (Å²) in [6, 6.07) is 5.89. The maximum atomic E-state index is 10.5. The number of aryl methyl sites for hydroxylation is 2. The van der Waals surface area contributed by atoms with Gasteiger partial charge in [0.25, 0.3) is 0 Å². The Morgan fingerprint density at radius 1 is 0.957 bits per heavy atom. The quantitative estimate of drug-likeness (QED) is 0.521. The third kappa shape index (κ3) is 3.95. The van der Waals surface area contributed by atoms with E-state index in [0.29, 0.717) is 11.8 Å². The van der Waals surface area contributed by atoms with Crippen molar-refractivity contribution in [3.8, 4) is 11.5 Å². The van der Waals surface area contributed by atoms with Crippen molar-refractivity contribution in [1.29, 1.82) is 0 Å². The number of carbonyl (C=O) groups is 1. The predicted octanol–water partition coefficient (Wildman–Crippen LogP) is 4.45. The molecule has 0 atom stereocenters. The molecule has 0 bridgehead atoms. The van der Waals surface area contributed by atoms with Crippen LogP contribution in [0.25, 0.3) is 10.8 Å². The summed E-state index contributed by atoms with van der Waals surface area (Å²) in [5.41, 5.74) is 2.83. The van der Waals surface area contributed by atoms with E-state index in [9.17, 15) is 15.0 Å². The zero-order valence-corrected chi connectivity index (χ0v) is 13.7. The van der Waals surface area contributed by atoms with Crippen molar-refractivity contribution in [2.24, 2.45) is 0 Å². The van der Waals surface area contributed by atoms with Gasteiger partial charge in [-0.1, -0.05) is 30.5 Å². The molecule has 2 aromatic carbocycles. The summed E-state index contributed by atoms with van der Waals surface area (Å²) in [6.07, 6.45) is 4.53. The maximum Gasteiger partial charge on any atom is 0.303 e. The van der Waals surface area contributed by atoms with E-state index in [4.69, 9.17) is 5.11 Å². The van der Waals surface area contributed by atoms with E-state index < -0.39 is 5.97 Å². The van der Waals surface area contributed by atoms with Gasteiger partial charge in [0.15, 0.2) is 11.5 Å². The van der Waals surface area contributed by atoms with E-state index in [2.05, 4.69) is 0 Å². The molecule has 0 spiro atoms. The summed E-state index contributed by atoms with van der Waals surface area (Å²) in [6.45, 7) is 3.78. The number of phenolic OH excluding ortho intramolecular Hbond substituents is 2. The number of aliphatic carboxylic acids is 1. The van der Waals surface area contributed by atoms with Crippen LogP contribution in [0.2, 0.25) is 0 Å². The lowest BCUT2D eigenvalue weighted by molar-refractivity contribution is -0.137. The molecule has 0 aromatic heterocycles. The summed E-state index contributed by atoms with van der Waals surface area (Å²) in [4.78, 5) is 10.5. The fourth-order valence-electron chi connectivity index (χ4n) is 3.02. The molecule has 0 heterocycles. The topological polar surface area (TPSA) is 77.8 Å². The second-order valence-corrected chi connectivity index (χ2v) is 6.16. The van der Waals surface area contributed by atoms with Gasteiger partial charge < -0.3 is 15.3 Å². The van der Waals surface area contributed by atoms with E-state index in [1.54, 1.807) is 0 Å². The summed E-state index contributed by atoms with van der Waals surface area (Å²) < 4.78 is 0. The van der Waals surface area contributed by atoms with Gasteiger partial charge in [0.05, 0.1) is 0 Å². The first kappa shape index (κ1) is 17.1. The molecule has 23 heavy (non-hydrogen) atoms. The third-order valence-corrected chi connectivity index (χ3v) is 4.35. The molecule has 4 heteroatoms. The predicted molar refractivity (Wildman–Crippen MR) is 91.2 cm³/mol. The number of fused-ring (bicyclic) bond motifs is 1. The van der Waals surface area contributed by atoms with Crippen LogP contribution < -0.4 is 0 Å². The number of rotatable bonds is 7. The first-order valence-electron chi connectivity index (χ1n) is 8.07. The zero-order chi connectivity index (χ0) is 17.0. The number of hydrogen-bond acceptors (Lipinski definition) is 3. The number of carboxylic acids is 1. The highest BCUT2D eigenvalue weighted by Gasteiger charge is 2.15. The Kier molecular flexibility index (Phi) is 5.48. The Labute approximate surface area is 136 Å². The second-order valence-electron chi connectivity index (χ2n) is 6.16. The molecule has 0 aliphatic rings. The highest BCUT2D eigenvalue weighted by molar-refractivity contribution is 5.95. The van der Waals surface area contributed by atoms with E-state index in [-0.39, 0.29) is 17.9 Å². The van der Waals surface area contributed by atoms with E-state index in [1.165, 1.54) is 0 Å². The molecule has 0 radical (unpaired) electrons. The largest absolute Gasteiger partial charge is 0.504 e. The highest BCUT2D eigenvalue weighted by atomic mass is 16.4. The minimum atomic E-state index is -0.745. The van der Waals surface area contributed by atoms with Crippen molar-refractivity contribution >= 4 is 16.7 Å². The molecular formula is C19H24O4. The van der Waals surface area contributed by atoms with Crippen LogP contribution in [-0.2, 0) is 11.2 Å². The SMILES string of the molecule is Cc1ccc2c(CCCCCCC(=O)O)c(C)c(O)c(O)c2c1. The van der Waals surface area contributed by atoms with Crippen LogP contribution in [0, 0.1) is 13.8 Å². The second kappa shape index (κ2) is 7.36. The van der Waals surface area contributed by atoms with Crippen LogP contribution in [0.1, 0.15) is 48.8 Å². The third-order valence-electron chi connectivity index (χ3n) is 4.35.